The van der Waals surface area contributed by atoms with Gasteiger partial charge < -0.3 is 29.0 Å². The predicted octanol–water partition coefficient (Wildman–Crippen LogP) is 3.68. The molecular formula is C23H29F2N3O5. The number of aliphatic hydroxyl groups is 1. The number of alkyl halides is 2. The van der Waals surface area contributed by atoms with E-state index in [-0.39, 0.29) is 18.6 Å². The van der Waals surface area contributed by atoms with E-state index in [1.807, 2.05) is 6.92 Å². The summed E-state index contributed by atoms with van der Waals surface area (Å²) in [5.74, 6) is 0.985. The van der Waals surface area contributed by atoms with Crippen LogP contribution in [0.2, 0.25) is 0 Å². The van der Waals surface area contributed by atoms with Gasteiger partial charge in [-0.15, -0.1) is 10.2 Å². The van der Waals surface area contributed by atoms with E-state index in [0.29, 0.717) is 36.8 Å². The second kappa shape index (κ2) is 10.6. The number of aromatic nitrogens is 2. The molecule has 1 aromatic carbocycles. The molecule has 0 saturated heterocycles. The lowest BCUT2D eigenvalue weighted by Gasteiger charge is -2.38. The van der Waals surface area contributed by atoms with Gasteiger partial charge in [-0.2, -0.15) is 8.78 Å². The van der Waals surface area contributed by atoms with Gasteiger partial charge in [0.15, 0.2) is 12.6 Å². The van der Waals surface area contributed by atoms with E-state index in [1.54, 1.807) is 6.07 Å². The summed E-state index contributed by atoms with van der Waals surface area (Å²) in [6, 6.07) is 4.42. The van der Waals surface area contributed by atoms with Crippen molar-refractivity contribution >= 4 is 5.82 Å². The number of hydrogen-bond donors (Lipinski definition) is 1. The van der Waals surface area contributed by atoms with E-state index >= 15 is 0 Å². The quantitative estimate of drug-likeness (QED) is 0.620. The topological polar surface area (TPSA) is 86.2 Å². The summed E-state index contributed by atoms with van der Waals surface area (Å²) in [6.07, 6.45) is 3.33. The molecule has 1 saturated carbocycles. The van der Waals surface area contributed by atoms with Gasteiger partial charge in [0.05, 0.1) is 25.4 Å². The number of methoxy groups -OCH3 is 1. The molecule has 180 valence electrons. The van der Waals surface area contributed by atoms with E-state index in [9.17, 15) is 13.9 Å². The maximum Gasteiger partial charge on any atom is 0.387 e. The fourth-order valence-electron chi connectivity index (χ4n) is 4.54. The lowest BCUT2D eigenvalue weighted by atomic mass is 9.91. The van der Waals surface area contributed by atoms with Gasteiger partial charge in [-0.05, 0) is 37.5 Å². The van der Waals surface area contributed by atoms with Crippen molar-refractivity contribution in [3.8, 4) is 22.8 Å². The van der Waals surface area contributed by atoms with Crippen molar-refractivity contribution in [2.24, 2.45) is 0 Å². The van der Waals surface area contributed by atoms with Crippen molar-refractivity contribution in [3.63, 3.8) is 0 Å². The van der Waals surface area contributed by atoms with Crippen LogP contribution in [-0.4, -0.2) is 61.1 Å². The van der Waals surface area contributed by atoms with Crippen LogP contribution >= 0.6 is 0 Å². The van der Waals surface area contributed by atoms with Gasteiger partial charge in [0.1, 0.15) is 17.2 Å². The number of ether oxygens (including phenoxy) is 4. The molecule has 33 heavy (non-hydrogen) atoms. The average molecular weight is 465 g/mol. The molecule has 0 unspecified atom stereocenters. The van der Waals surface area contributed by atoms with Crippen molar-refractivity contribution in [1.82, 2.24) is 10.2 Å². The number of aliphatic hydroxyl groups excluding tert-OH is 1. The van der Waals surface area contributed by atoms with E-state index in [2.05, 4.69) is 19.8 Å². The van der Waals surface area contributed by atoms with Gasteiger partial charge in [-0.3, -0.25) is 0 Å². The smallest absolute Gasteiger partial charge is 0.387 e. The molecule has 2 aliphatic rings. The van der Waals surface area contributed by atoms with Crippen LogP contribution < -0.4 is 14.4 Å². The van der Waals surface area contributed by atoms with Gasteiger partial charge in [0.2, 0.25) is 0 Å². The maximum absolute atomic E-state index is 12.7. The number of benzene rings is 1. The van der Waals surface area contributed by atoms with Crippen LogP contribution in [-0.2, 0) is 16.1 Å². The molecule has 1 fully saturated rings. The van der Waals surface area contributed by atoms with Crippen molar-refractivity contribution in [3.05, 3.63) is 29.3 Å². The van der Waals surface area contributed by atoms with Crippen LogP contribution in [0.15, 0.2) is 18.2 Å². The Labute approximate surface area is 191 Å². The third-order valence-corrected chi connectivity index (χ3v) is 6.18. The lowest BCUT2D eigenvalue weighted by Crippen LogP contribution is -2.47. The van der Waals surface area contributed by atoms with Gasteiger partial charge in [-0.1, -0.05) is 12.8 Å². The Kier molecular flexibility index (Phi) is 7.56. The number of fused-ring (bicyclic) bond motifs is 1. The molecule has 0 radical (unpaired) electrons. The third-order valence-electron chi connectivity index (χ3n) is 6.18. The largest absolute Gasteiger partial charge is 0.467 e. The second-order valence-electron chi connectivity index (χ2n) is 8.23. The highest BCUT2D eigenvalue weighted by Crippen LogP contribution is 2.38. The summed E-state index contributed by atoms with van der Waals surface area (Å²) < 4.78 is 46.4. The zero-order valence-electron chi connectivity index (χ0n) is 18.8. The molecule has 0 amide bonds. The first kappa shape index (κ1) is 23.6. The fraction of sp³-hybridized carbons (Fsp3) is 0.565. The molecule has 1 aliphatic heterocycles. The number of halogens is 2. The first-order chi connectivity index (χ1) is 16.0. The molecule has 2 atom stereocenters. The minimum atomic E-state index is -2.95. The molecule has 2 aromatic rings. The summed E-state index contributed by atoms with van der Waals surface area (Å²) in [6.45, 7) is 0.429. The average Bonchev–Trinajstić information content (AvgIpc) is 3.01. The van der Waals surface area contributed by atoms with Crippen LogP contribution in [0.1, 0.15) is 36.8 Å². The molecule has 1 N–H and O–H groups in total. The standard InChI is InChI=1S/C23H29F2N3O5/c1-14-17-12-31-10-9-28(18-5-3-4-6-19(18)29)22(17)27-26-21(14)16-8-7-15(33-23(24)25)11-20(16)32-13-30-2/h7-8,11,18-19,23,29H,3-6,9-10,12-13H2,1-2H3/t18-,19-/m1/s1. The van der Waals surface area contributed by atoms with Crippen molar-refractivity contribution in [1.29, 1.82) is 0 Å². The first-order valence-corrected chi connectivity index (χ1v) is 11.1. The molecule has 4 rings (SSSR count). The molecule has 2 heterocycles. The van der Waals surface area contributed by atoms with Gasteiger partial charge in [0, 0.05) is 30.8 Å². The molecule has 8 nitrogen and oxygen atoms in total. The number of nitrogens with zero attached hydrogens (tertiary/aromatic N) is 3. The van der Waals surface area contributed by atoms with Crippen LogP contribution in [0, 0.1) is 6.92 Å². The third kappa shape index (κ3) is 5.18. The molecule has 1 aromatic heterocycles. The monoisotopic (exact) mass is 465 g/mol. The van der Waals surface area contributed by atoms with Crippen LogP contribution in [0.25, 0.3) is 11.3 Å². The van der Waals surface area contributed by atoms with E-state index < -0.39 is 12.7 Å². The second-order valence-corrected chi connectivity index (χ2v) is 8.23. The van der Waals surface area contributed by atoms with Crippen molar-refractivity contribution in [2.45, 2.75) is 58.0 Å². The highest BCUT2D eigenvalue weighted by atomic mass is 19.3. The molecule has 0 spiro atoms. The number of hydrogen-bond acceptors (Lipinski definition) is 8. The Balaban J connectivity index is 1.73. The summed E-state index contributed by atoms with van der Waals surface area (Å²) in [5.41, 5.74) is 2.87. The normalized spacial score (nSPS) is 21.0. The molecular weight excluding hydrogens is 436 g/mol. The summed E-state index contributed by atoms with van der Waals surface area (Å²) in [4.78, 5) is 2.12. The predicted molar refractivity (Wildman–Crippen MR) is 117 cm³/mol. The summed E-state index contributed by atoms with van der Waals surface area (Å²) >= 11 is 0. The minimum absolute atomic E-state index is 0.0230. The fourth-order valence-corrected chi connectivity index (χ4v) is 4.54. The zero-order chi connectivity index (χ0) is 23.4. The van der Waals surface area contributed by atoms with Crippen molar-refractivity contribution < 1.29 is 32.8 Å². The zero-order valence-corrected chi connectivity index (χ0v) is 18.8. The lowest BCUT2D eigenvalue weighted by molar-refractivity contribution is -0.0500. The summed E-state index contributed by atoms with van der Waals surface area (Å²) in [5, 5.41) is 19.7. The Morgan fingerprint density at radius 1 is 1.24 bits per heavy atom. The number of anilines is 1. The SMILES string of the molecule is COCOc1cc(OC(F)F)ccc1-c1nnc2c(c1C)COCCN2[C@@H]1CCCC[C@H]1O. The van der Waals surface area contributed by atoms with Crippen LogP contribution in [0.5, 0.6) is 11.5 Å². The Bertz CT molecular complexity index is 962. The maximum atomic E-state index is 12.7. The van der Waals surface area contributed by atoms with E-state index in [0.717, 1.165) is 42.6 Å². The van der Waals surface area contributed by atoms with Gasteiger partial charge in [0.25, 0.3) is 0 Å². The van der Waals surface area contributed by atoms with Gasteiger partial charge in [-0.25, -0.2) is 0 Å². The van der Waals surface area contributed by atoms with Crippen molar-refractivity contribution in [2.75, 3.05) is 32.0 Å². The Morgan fingerprint density at radius 3 is 2.82 bits per heavy atom. The highest BCUT2D eigenvalue weighted by molar-refractivity contribution is 5.73. The van der Waals surface area contributed by atoms with E-state index in [1.165, 1.54) is 19.2 Å². The van der Waals surface area contributed by atoms with Crippen LogP contribution in [0.3, 0.4) is 0 Å². The molecule has 1 aliphatic carbocycles. The first-order valence-electron chi connectivity index (χ1n) is 11.1. The van der Waals surface area contributed by atoms with E-state index in [4.69, 9.17) is 14.2 Å². The molecule has 0 bridgehead atoms. The minimum Gasteiger partial charge on any atom is -0.467 e. The van der Waals surface area contributed by atoms with Gasteiger partial charge >= 0.3 is 6.61 Å². The number of rotatable bonds is 7. The molecule has 10 heteroatoms. The summed E-state index contributed by atoms with van der Waals surface area (Å²) in [7, 11) is 1.47. The Morgan fingerprint density at radius 2 is 2.06 bits per heavy atom. The highest BCUT2D eigenvalue weighted by Gasteiger charge is 2.33. The van der Waals surface area contributed by atoms with Crippen LogP contribution in [0.4, 0.5) is 14.6 Å². The Hall–Kier alpha value is -2.56.